The van der Waals surface area contributed by atoms with Gasteiger partial charge in [0, 0.05) is 0 Å². The molecule has 0 saturated heterocycles. The Morgan fingerprint density at radius 3 is 2.06 bits per heavy atom. The summed E-state index contributed by atoms with van der Waals surface area (Å²) < 4.78 is 0. The molecule has 0 aliphatic rings. The number of rotatable bonds is 5. The smallest absolute Gasteiger partial charge is 0.0132 e. The van der Waals surface area contributed by atoms with E-state index in [1.165, 1.54) is 36.8 Å². The fraction of sp³-hybridized carbons (Fsp3) is 0.562. The normalized spacial score (nSPS) is 11.8. The fourth-order valence-corrected chi connectivity index (χ4v) is 1.85. The van der Waals surface area contributed by atoms with Crippen LogP contribution in [0.2, 0.25) is 0 Å². The summed E-state index contributed by atoms with van der Waals surface area (Å²) in [5.74, 6) is 0. The average Bonchev–Trinajstić information content (AvgIpc) is 2.24. The van der Waals surface area contributed by atoms with Crippen LogP contribution in [0, 0.1) is 6.92 Å². The van der Waals surface area contributed by atoms with Gasteiger partial charge in [-0.05, 0) is 29.4 Å². The van der Waals surface area contributed by atoms with Gasteiger partial charge in [-0.25, -0.2) is 0 Å². The summed E-state index contributed by atoms with van der Waals surface area (Å²) in [4.78, 5) is 0. The monoisotopic (exact) mass is 217 g/mol. The second kappa shape index (κ2) is 6.08. The molecule has 0 heteroatoms. The van der Waals surface area contributed by atoms with Gasteiger partial charge in [-0.2, -0.15) is 0 Å². The number of hydrogen-bond acceptors (Lipinski definition) is 0. The van der Waals surface area contributed by atoms with Crippen molar-refractivity contribution in [1.82, 2.24) is 0 Å². The van der Waals surface area contributed by atoms with Crippen molar-refractivity contribution in [1.29, 1.82) is 0 Å². The van der Waals surface area contributed by atoms with Crippen molar-refractivity contribution in [3.05, 3.63) is 42.3 Å². The Morgan fingerprint density at radius 1 is 0.938 bits per heavy atom. The summed E-state index contributed by atoms with van der Waals surface area (Å²) in [5, 5.41) is 0. The molecule has 1 radical (unpaired) electrons. The first kappa shape index (κ1) is 13.3. The van der Waals surface area contributed by atoms with Crippen LogP contribution in [0.1, 0.15) is 57.6 Å². The molecule has 0 aromatic heterocycles. The zero-order chi connectivity index (χ0) is 12.0. The van der Waals surface area contributed by atoms with E-state index in [9.17, 15) is 0 Å². The van der Waals surface area contributed by atoms with Crippen LogP contribution in [-0.2, 0) is 11.8 Å². The van der Waals surface area contributed by atoms with E-state index >= 15 is 0 Å². The van der Waals surface area contributed by atoms with Gasteiger partial charge in [0.05, 0.1) is 0 Å². The van der Waals surface area contributed by atoms with E-state index in [0.29, 0.717) is 0 Å². The summed E-state index contributed by atoms with van der Waals surface area (Å²) in [7, 11) is 0. The highest BCUT2D eigenvalue weighted by Crippen LogP contribution is 2.22. The molecule has 0 spiro atoms. The third-order valence-electron chi connectivity index (χ3n) is 3.04. The van der Waals surface area contributed by atoms with Crippen LogP contribution in [0.25, 0.3) is 0 Å². The van der Waals surface area contributed by atoms with E-state index < -0.39 is 0 Å². The van der Waals surface area contributed by atoms with Crippen LogP contribution in [-0.4, -0.2) is 0 Å². The third-order valence-corrected chi connectivity index (χ3v) is 3.04. The third kappa shape index (κ3) is 4.38. The molecule has 0 aliphatic heterocycles. The molecule has 1 aromatic rings. The summed E-state index contributed by atoms with van der Waals surface area (Å²) in [6.07, 6.45) is 6.16. The molecule has 0 nitrogen and oxygen atoms in total. The van der Waals surface area contributed by atoms with E-state index in [0.717, 1.165) is 6.42 Å². The molecular weight excluding hydrogens is 192 g/mol. The van der Waals surface area contributed by atoms with Crippen LogP contribution in [0.5, 0.6) is 0 Å². The zero-order valence-corrected chi connectivity index (χ0v) is 11.1. The van der Waals surface area contributed by atoms with E-state index in [1.807, 2.05) is 0 Å². The first-order valence-corrected chi connectivity index (χ1v) is 6.42. The largest absolute Gasteiger partial charge is 0.0588 e. The van der Waals surface area contributed by atoms with E-state index in [-0.39, 0.29) is 5.41 Å². The van der Waals surface area contributed by atoms with Crippen molar-refractivity contribution in [3.63, 3.8) is 0 Å². The highest BCUT2D eigenvalue weighted by atomic mass is 14.2. The molecule has 0 atom stereocenters. The minimum absolute atomic E-state index is 0.270. The molecule has 0 unspecified atom stereocenters. The lowest BCUT2D eigenvalue weighted by atomic mass is 9.86. The Kier molecular flexibility index (Phi) is 5.05. The van der Waals surface area contributed by atoms with Crippen LogP contribution >= 0.6 is 0 Å². The second-order valence-corrected chi connectivity index (χ2v) is 5.61. The predicted octanol–water partition coefficient (Wildman–Crippen LogP) is 4.92. The first-order chi connectivity index (χ1) is 7.54. The average molecular weight is 217 g/mol. The number of benzene rings is 1. The highest BCUT2D eigenvalue weighted by Gasteiger charge is 2.12. The highest BCUT2D eigenvalue weighted by molar-refractivity contribution is 5.27. The van der Waals surface area contributed by atoms with Crippen LogP contribution < -0.4 is 0 Å². The summed E-state index contributed by atoms with van der Waals surface area (Å²) in [5.41, 5.74) is 3.16. The maximum atomic E-state index is 3.87. The predicted molar refractivity (Wildman–Crippen MR) is 72.7 cm³/mol. The van der Waals surface area contributed by atoms with Crippen LogP contribution in [0.3, 0.4) is 0 Å². The van der Waals surface area contributed by atoms with Gasteiger partial charge < -0.3 is 0 Å². The molecule has 0 bridgehead atoms. The van der Waals surface area contributed by atoms with Gasteiger partial charge in [0.2, 0.25) is 0 Å². The lowest BCUT2D eigenvalue weighted by molar-refractivity contribution is 0.589. The van der Waals surface area contributed by atoms with Gasteiger partial charge in [0.25, 0.3) is 0 Å². The number of unbranched alkanes of at least 4 members (excludes halogenated alkanes) is 3. The standard InChI is InChI=1S/C16H25/c1-5-6-7-8-9-14-10-12-15(13-11-14)16(2,3)4/h10-13H,1,5-9H2,2-4H3. The Labute approximate surface area is 101 Å². The Bertz CT molecular complexity index is 287. The first-order valence-electron chi connectivity index (χ1n) is 6.42. The van der Waals surface area contributed by atoms with Crippen molar-refractivity contribution in [2.45, 2.75) is 58.3 Å². The molecule has 16 heavy (non-hydrogen) atoms. The second-order valence-electron chi connectivity index (χ2n) is 5.61. The van der Waals surface area contributed by atoms with Gasteiger partial charge >= 0.3 is 0 Å². The molecule has 1 rings (SSSR count). The Hall–Kier alpha value is -0.780. The summed E-state index contributed by atoms with van der Waals surface area (Å²) >= 11 is 0. The molecule has 1 aromatic carbocycles. The lowest BCUT2D eigenvalue weighted by Gasteiger charge is -2.19. The fourth-order valence-electron chi connectivity index (χ4n) is 1.85. The van der Waals surface area contributed by atoms with E-state index in [4.69, 9.17) is 0 Å². The van der Waals surface area contributed by atoms with Gasteiger partial charge in [0.1, 0.15) is 0 Å². The maximum Gasteiger partial charge on any atom is -0.0132 e. The van der Waals surface area contributed by atoms with Crippen molar-refractivity contribution >= 4 is 0 Å². The molecule has 0 N–H and O–H groups in total. The van der Waals surface area contributed by atoms with Gasteiger partial charge in [-0.15, -0.1) is 0 Å². The molecule has 0 heterocycles. The number of hydrogen-bond donors (Lipinski definition) is 0. The van der Waals surface area contributed by atoms with Crippen molar-refractivity contribution in [2.75, 3.05) is 0 Å². The lowest BCUT2D eigenvalue weighted by Crippen LogP contribution is -2.10. The van der Waals surface area contributed by atoms with E-state index in [2.05, 4.69) is 52.0 Å². The zero-order valence-electron chi connectivity index (χ0n) is 11.1. The molecule has 0 amide bonds. The Balaban J connectivity index is 2.46. The number of aryl methyl sites for hydroxylation is 1. The molecule has 0 saturated carbocycles. The van der Waals surface area contributed by atoms with Crippen molar-refractivity contribution in [3.8, 4) is 0 Å². The van der Waals surface area contributed by atoms with Crippen LogP contribution in [0.15, 0.2) is 24.3 Å². The van der Waals surface area contributed by atoms with Crippen molar-refractivity contribution < 1.29 is 0 Å². The Morgan fingerprint density at radius 2 is 1.56 bits per heavy atom. The molecule has 89 valence electrons. The summed E-state index contributed by atoms with van der Waals surface area (Å²) in [6, 6.07) is 9.11. The van der Waals surface area contributed by atoms with Gasteiger partial charge in [-0.3, -0.25) is 0 Å². The van der Waals surface area contributed by atoms with Crippen molar-refractivity contribution in [2.24, 2.45) is 0 Å². The molecular formula is C16H25. The SMILES string of the molecule is [CH2]CCCCCc1ccc(C(C)(C)C)cc1. The van der Waals surface area contributed by atoms with Gasteiger partial charge in [-0.1, -0.05) is 71.2 Å². The topological polar surface area (TPSA) is 0 Å². The van der Waals surface area contributed by atoms with E-state index in [1.54, 1.807) is 0 Å². The quantitative estimate of drug-likeness (QED) is 0.614. The molecule has 0 fully saturated rings. The minimum atomic E-state index is 0.270. The molecule has 0 aliphatic carbocycles. The van der Waals surface area contributed by atoms with Crippen LogP contribution in [0.4, 0.5) is 0 Å². The van der Waals surface area contributed by atoms with Gasteiger partial charge in [0.15, 0.2) is 0 Å². The summed E-state index contributed by atoms with van der Waals surface area (Å²) in [6.45, 7) is 10.6. The maximum absolute atomic E-state index is 3.87. The minimum Gasteiger partial charge on any atom is -0.0588 e.